The minimum Gasteiger partial charge on any atom is -0.460 e. The Labute approximate surface area is 263 Å². The quantitative estimate of drug-likeness (QED) is 0.242. The molecule has 2 saturated heterocycles. The molecule has 0 unspecified atom stereocenters. The van der Waals surface area contributed by atoms with Crippen LogP contribution < -0.4 is 5.32 Å². The maximum Gasteiger partial charge on any atom is 0.411 e. The van der Waals surface area contributed by atoms with Crippen molar-refractivity contribution in [1.82, 2.24) is 15.1 Å². The molecule has 2 fully saturated rings. The van der Waals surface area contributed by atoms with Gasteiger partial charge in [0.05, 0.1) is 24.5 Å². The third-order valence-corrected chi connectivity index (χ3v) is 7.91. The van der Waals surface area contributed by atoms with Gasteiger partial charge in [-0.15, -0.1) is 0 Å². The van der Waals surface area contributed by atoms with E-state index in [1.807, 2.05) is 110 Å². The SMILES string of the molecule is C[C@H](NC(=O)[C@@H](CC(=O)OC(C)(C)C)N1C(=O)[C@@H](N2C(=O)OC[C@@H]2c2ccccc2)[C@H]1C=Cc1ccccc1)c1ccccc1. The number of nitrogens with zero attached hydrogens (tertiary/aromatic N) is 2. The lowest BCUT2D eigenvalue weighted by Gasteiger charge is -2.52. The van der Waals surface area contributed by atoms with E-state index >= 15 is 0 Å². The number of carbonyl (C=O) groups excluding carboxylic acids is 4. The Hall–Kier alpha value is -4.92. The van der Waals surface area contributed by atoms with Crippen molar-refractivity contribution in [3.05, 3.63) is 114 Å². The molecule has 45 heavy (non-hydrogen) atoms. The molecule has 5 rings (SSSR count). The zero-order valence-electron chi connectivity index (χ0n) is 26.0. The van der Waals surface area contributed by atoms with Gasteiger partial charge in [-0.2, -0.15) is 0 Å². The minimum absolute atomic E-state index is 0.0954. The van der Waals surface area contributed by atoms with E-state index in [4.69, 9.17) is 9.47 Å². The molecule has 3 aromatic carbocycles. The van der Waals surface area contributed by atoms with Gasteiger partial charge in [-0.05, 0) is 44.4 Å². The van der Waals surface area contributed by atoms with Gasteiger partial charge in [0.25, 0.3) is 0 Å². The molecule has 0 spiro atoms. The summed E-state index contributed by atoms with van der Waals surface area (Å²) in [5.74, 6) is -1.56. The van der Waals surface area contributed by atoms with Gasteiger partial charge in [0.1, 0.15) is 24.3 Å². The first-order valence-corrected chi connectivity index (χ1v) is 15.2. The molecule has 2 aliphatic rings. The number of rotatable bonds is 10. The number of nitrogens with one attached hydrogen (secondary N) is 1. The van der Waals surface area contributed by atoms with Crippen molar-refractivity contribution in [1.29, 1.82) is 0 Å². The largest absolute Gasteiger partial charge is 0.460 e. The van der Waals surface area contributed by atoms with Crippen LogP contribution in [0.4, 0.5) is 4.79 Å². The summed E-state index contributed by atoms with van der Waals surface area (Å²) < 4.78 is 11.0. The third kappa shape index (κ3) is 7.25. The first-order chi connectivity index (χ1) is 21.5. The molecule has 234 valence electrons. The molecular formula is C36H39N3O6. The van der Waals surface area contributed by atoms with Gasteiger partial charge in [-0.3, -0.25) is 19.3 Å². The highest BCUT2D eigenvalue weighted by Crippen LogP contribution is 2.39. The molecule has 2 aliphatic heterocycles. The second-order valence-corrected chi connectivity index (χ2v) is 12.3. The second kappa shape index (κ2) is 13.4. The van der Waals surface area contributed by atoms with Gasteiger partial charge in [0, 0.05) is 0 Å². The smallest absolute Gasteiger partial charge is 0.411 e. The Bertz CT molecular complexity index is 1540. The summed E-state index contributed by atoms with van der Waals surface area (Å²) in [6.07, 6.45) is 2.70. The Balaban J connectivity index is 1.50. The molecule has 9 nitrogen and oxygen atoms in total. The van der Waals surface area contributed by atoms with Crippen LogP contribution in [0.15, 0.2) is 97.1 Å². The lowest BCUT2D eigenvalue weighted by atomic mass is 9.87. The Kier molecular flexibility index (Phi) is 9.37. The van der Waals surface area contributed by atoms with Crippen LogP contribution in [0.25, 0.3) is 6.08 Å². The lowest BCUT2D eigenvalue weighted by Crippen LogP contribution is -2.74. The fourth-order valence-corrected chi connectivity index (χ4v) is 5.80. The molecule has 5 atom stereocenters. The Morgan fingerprint density at radius 3 is 2.18 bits per heavy atom. The first-order valence-electron chi connectivity index (χ1n) is 15.2. The van der Waals surface area contributed by atoms with Gasteiger partial charge in [0.2, 0.25) is 11.8 Å². The fourth-order valence-electron chi connectivity index (χ4n) is 5.80. The highest BCUT2D eigenvalue weighted by molar-refractivity contribution is 5.99. The number of hydrogen-bond donors (Lipinski definition) is 1. The maximum atomic E-state index is 14.2. The number of likely N-dealkylation sites (tertiary alicyclic amines) is 1. The number of esters is 1. The molecule has 0 radical (unpaired) electrons. The standard InChI is InChI=1S/C36H39N3O6/c1-24(26-16-10-6-11-17-26)37-33(41)29(22-31(40)45-36(2,3)4)38-28(21-20-25-14-8-5-9-15-25)32(34(38)42)39-30(23-44-35(39)43)27-18-12-7-13-19-27/h5-21,24,28-30,32H,22-23H2,1-4H3,(H,37,41)/t24-,28+,29+,30+,32-/m0/s1. The number of carbonyl (C=O) groups is 4. The average Bonchev–Trinajstić information content (AvgIpc) is 3.39. The first kappa shape index (κ1) is 31.5. The highest BCUT2D eigenvalue weighted by Gasteiger charge is 2.58. The predicted octanol–water partition coefficient (Wildman–Crippen LogP) is 5.45. The van der Waals surface area contributed by atoms with Gasteiger partial charge in [0.15, 0.2) is 0 Å². The maximum absolute atomic E-state index is 14.2. The predicted molar refractivity (Wildman–Crippen MR) is 170 cm³/mol. The number of amides is 3. The summed E-state index contributed by atoms with van der Waals surface area (Å²) in [6.45, 7) is 7.18. The van der Waals surface area contributed by atoms with Crippen molar-refractivity contribution in [3.63, 3.8) is 0 Å². The van der Waals surface area contributed by atoms with Gasteiger partial charge in [-0.1, -0.05) is 103 Å². The molecule has 3 amide bonds. The zero-order valence-corrected chi connectivity index (χ0v) is 26.0. The van der Waals surface area contributed by atoms with Crippen LogP contribution in [0.2, 0.25) is 0 Å². The van der Waals surface area contributed by atoms with E-state index in [1.54, 1.807) is 20.8 Å². The number of hydrogen-bond acceptors (Lipinski definition) is 6. The van der Waals surface area contributed by atoms with Crippen molar-refractivity contribution in [2.45, 2.75) is 69.9 Å². The van der Waals surface area contributed by atoms with Crippen molar-refractivity contribution in [2.24, 2.45) is 0 Å². The summed E-state index contributed by atoms with van der Waals surface area (Å²) >= 11 is 0. The van der Waals surface area contributed by atoms with E-state index in [-0.39, 0.29) is 19.1 Å². The van der Waals surface area contributed by atoms with Crippen LogP contribution in [0.3, 0.4) is 0 Å². The molecule has 1 N–H and O–H groups in total. The fraction of sp³-hybridized carbons (Fsp3) is 0.333. The van der Waals surface area contributed by atoms with Gasteiger partial charge < -0.3 is 19.7 Å². The summed E-state index contributed by atoms with van der Waals surface area (Å²) in [7, 11) is 0. The van der Waals surface area contributed by atoms with Crippen LogP contribution in [0, 0.1) is 0 Å². The van der Waals surface area contributed by atoms with E-state index in [1.165, 1.54) is 9.80 Å². The topological polar surface area (TPSA) is 105 Å². The number of β-lactam (4-membered cyclic amide) rings is 1. The van der Waals surface area contributed by atoms with Crippen molar-refractivity contribution in [2.75, 3.05) is 6.61 Å². The molecule has 0 aromatic heterocycles. The summed E-state index contributed by atoms with van der Waals surface area (Å²) in [5.41, 5.74) is 1.80. The average molecular weight is 610 g/mol. The Morgan fingerprint density at radius 1 is 0.956 bits per heavy atom. The van der Waals surface area contributed by atoms with Crippen LogP contribution >= 0.6 is 0 Å². The van der Waals surface area contributed by atoms with Gasteiger partial charge in [-0.25, -0.2) is 4.79 Å². The number of ether oxygens (including phenoxy) is 2. The van der Waals surface area contributed by atoms with Crippen LogP contribution in [-0.2, 0) is 23.9 Å². The van der Waals surface area contributed by atoms with E-state index < -0.39 is 53.6 Å². The molecule has 3 aromatic rings. The summed E-state index contributed by atoms with van der Waals surface area (Å²) in [4.78, 5) is 57.3. The zero-order chi connectivity index (χ0) is 32.1. The molecule has 9 heteroatoms. The molecule has 0 bridgehead atoms. The van der Waals surface area contributed by atoms with E-state index in [0.29, 0.717) is 0 Å². The molecule has 2 heterocycles. The summed E-state index contributed by atoms with van der Waals surface area (Å²) in [6, 6.07) is 24.6. The van der Waals surface area contributed by atoms with E-state index in [2.05, 4.69) is 5.32 Å². The molecule has 0 aliphatic carbocycles. The third-order valence-electron chi connectivity index (χ3n) is 7.91. The van der Waals surface area contributed by atoms with Crippen molar-refractivity contribution in [3.8, 4) is 0 Å². The Morgan fingerprint density at radius 2 is 1.56 bits per heavy atom. The lowest BCUT2D eigenvalue weighted by molar-refractivity contribution is -0.168. The van der Waals surface area contributed by atoms with Crippen molar-refractivity contribution >= 4 is 30.0 Å². The van der Waals surface area contributed by atoms with Crippen LogP contribution in [0.5, 0.6) is 0 Å². The number of cyclic esters (lactones) is 1. The molecular weight excluding hydrogens is 570 g/mol. The normalized spacial score (nSPS) is 21.2. The van der Waals surface area contributed by atoms with Gasteiger partial charge >= 0.3 is 12.1 Å². The monoisotopic (exact) mass is 609 g/mol. The van der Waals surface area contributed by atoms with E-state index in [0.717, 1.165) is 16.7 Å². The summed E-state index contributed by atoms with van der Waals surface area (Å²) in [5, 5.41) is 2.99. The second-order valence-electron chi connectivity index (χ2n) is 12.3. The van der Waals surface area contributed by atoms with Crippen LogP contribution in [0.1, 0.15) is 62.9 Å². The minimum atomic E-state index is -1.19. The van der Waals surface area contributed by atoms with Crippen molar-refractivity contribution < 1.29 is 28.7 Å². The highest BCUT2D eigenvalue weighted by atomic mass is 16.6. The number of benzene rings is 3. The molecule has 0 saturated carbocycles. The van der Waals surface area contributed by atoms with Crippen LogP contribution in [-0.4, -0.2) is 64.0 Å². The van der Waals surface area contributed by atoms with E-state index in [9.17, 15) is 19.2 Å².